The Balaban J connectivity index is 1.39. The van der Waals surface area contributed by atoms with E-state index in [0.717, 1.165) is 42.7 Å². The second kappa shape index (κ2) is 11.0. The molecule has 2 aliphatic carbocycles. The van der Waals surface area contributed by atoms with Crippen LogP contribution in [0, 0.1) is 30.5 Å². The van der Waals surface area contributed by atoms with Crippen molar-refractivity contribution in [2.75, 3.05) is 12.4 Å². The van der Waals surface area contributed by atoms with E-state index in [0.29, 0.717) is 12.0 Å². The maximum absolute atomic E-state index is 15.0. The molecule has 222 valence electrons. The van der Waals surface area contributed by atoms with Gasteiger partial charge >= 0.3 is 5.51 Å². The molecule has 7 nitrogen and oxygen atoms in total. The summed E-state index contributed by atoms with van der Waals surface area (Å²) in [5.41, 5.74) is -3.75. The summed E-state index contributed by atoms with van der Waals surface area (Å²) >= 11 is 0. The second-order valence-corrected chi connectivity index (χ2v) is 12.7. The Kier molecular flexibility index (Phi) is 7.78. The molecule has 12 heteroatoms. The molecule has 0 aromatic heterocycles. The number of sulfone groups is 1. The minimum Gasteiger partial charge on any atom is -0.496 e. The number of alkyl halides is 3. The summed E-state index contributed by atoms with van der Waals surface area (Å²) in [6.07, 6.45) is 2.17. The number of carbonyl (C=O) groups is 2. The first-order chi connectivity index (χ1) is 19.8. The number of fused-ring (bicyclic) bond motifs is 2. The van der Waals surface area contributed by atoms with E-state index in [-0.39, 0.29) is 34.4 Å². The van der Waals surface area contributed by atoms with Crippen LogP contribution in [0.2, 0.25) is 0 Å². The van der Waals surface area contributed by atoms with Crippen LogP contribution in [0.1, 0.15) is 35.2 Å². The Morgan fingerprint density at radius 2 is 1.67 bits per heavy atom. The van der Waals surface area contributed by atoms with Gasteiger partial charge in [-0.2, -0.15) is 13.2 Å². The van der Waals surface area contributed by atoms with Gasteiger partial charge in [0.15, 0.2) is 0 Å². The quantitative estimate of drug-likeness (QED) is 0.328. The topological polar surface area (TPSA) is 102 Å². The molecule has 5 rings (SSSR count). The van der Waals surface area contributed by atoms with Gasteiger partial charge in [0.05, 0.1) is 23.5 Å². The van der Waals surface area contributed by atoms with Crippen molar-refractivity contribution in [1.29, 1.82) is 0 Å². The lowest BCUT2D eigenvalue weighted by molar-refractivity contribution is -0.122. The van der Waals surface area contributed by atoms with Gasteiger partial charge in [0, 0.05) is 23.4 Å². The Morgan fingerprint density at radius 3 is 2.33 bits per heavy atom. The van der Waals surface area contributed by atoms with Crippen molar-refractivity contribution in [2.24, 2.45) is 17.8 Å². The lowest BCUT2D eigenvalue weighted by atomic mass is 9.83. The van der Waals surface area contributed by atoms with E-state index in [1.165, 1.54) is 19.2 Å². The van der Waals surface area contributed by atoms with Gasteiger partial charge in [-0.1, -0.05) is 35.9 Å². The van der Waals surface area contributed by atoms with Gasteiger partial charge in [0.1, 0.15) is 11.6 Å². The summed E-state index contributed by atoms with van der Waals surface area (Å²) in [4.78, 5) is 26.0. The van der Waals surface area contributed by atoms with Crippen LogP contribution >= 0.6 is 0 Å². The van der Waals surface area contributed by atoms with E-state index in [1.807, 2.05) is 19.1 Å². The number of amides is 2. The van der Waals surface area contributed by atoms with Crippen molar-refractivity contribution in [1.82, 2.24) is 5.32 Å². The van der Waals surface area contributed by atoms with Crippen LogP contribution in [-0.4, -0.2) is 38.9 Å². The van der Waals surface area contributed by atoms with E-state index in [4.69, 9.17) is 4.74 Å². The summed E-state index contributed by atoms with van der Waals surface area (Å²) < 4.78 is 83.1. The van der Waals surface area contributed by atoms with Crippen molar-refractivity contribution in [3.63, 3.8) is 0 Å². The number of nitrogens with one attached hydrogen (secondary N) is 2. The average molecular weight is 605 g/mol. The standard InChI is InChI=1S/C30H28F4N2O5S/c1-16-6-8-17(9-7-16)22-14-23(25(41-2)15-24(22)31)28(37)36-27-19-11-10-18(12-19)26(27)29(38)35-20-4-3-5-21(13-20)42(39,40)30(32,33)34/h3-9,13-15,18-19,26-27H,10-12H2,1-2H3,(H,35,38)(H,36,37)/t18-,19+,26+,27-/m1/s1. The Bertz CT molecular complexity index is 1640. The molecule has 0 aliphatic heterocycles. The number of anilines is 1. The fraction of sp³-hybridized carbons (Fsp3) is 0.333. The Labute approximate surface area is 240 Å². The fourth-order valence-electron chi connectivity index (χ4n) is 6.06. The molecule has 2 aliphatic rings. The highest BCUT2D eigenvalue weighted by atomic mass is 32.2. The van der Waals surface area contributed by atoms with E-state index in [9.17, 15) is 35.6 Å². The number of hydrogen-bond donors (Lipinski definition) is 2. The Hall–Kier alpha value is -3.93. The predicted octanol–water partition coefficient (Wildman–Crippen LogP) is 5.89. The number of methoxy groups -OCH3 is 1. The Morgan fingerprint density at radius 1 is 0.976 bits per heavy atom. The third kappa shape index (κ3) is 5.47. The first-order valence-electron chi connectivity index (χ1n) is 13.3. The molecule has 2 amide bonds. The molecule has 3 aromatic rings. The number of ether oxygens (including phenoxy) is 1. The normalized spacial score (nSPS) is 21.7. The van der Waals surface area contributed by atoms with Crippen molar-refractivity contribution in [3.05, 3.63) is 77.6 Å². The monoisotopic (exact) mass is 604 g/mol. The van der Waals surface area contributed by atoms with Gasteiger partial charge in [-0.25, -0.2) is 12.8 Å². The van der Waals surface area contributed by atoms with Crippen LogP contribution in [0.5, 0.6) is 5.75 Å². The number of hydrogen-bond acceptors (Lipinski definition) is 5. The first kappa shape index (κ1) is 29.6. The lowest BCUT2D eigenvalue weighted by Gasteiger charge is -2.31. The molecule has 0 saturated heterocycles. The first-order valence-corrected chi connectivity index (χ1v) is 14.8. The highest BCUT2D eigenvalue weighted by molar-refractivity contribution is 7.92. The van der Waals surface area contributed by atoms with E-state index in [1.54, 1.807) is 12.1 Å². The van der Waals surface area contributed by atoms with Crippen LogP contribution in [0.4, 0.5) is 23.2 Å². The number of rotatable bonds is 7. The lowest BCUT2D eigenvalue weighted by Crippen LogP contribution is -2.48. The zero-order chi connectivity index (χ0) is 30.4. The molecule has 2 saturated carbocycles. The van der Waals surface area contributed by atoms with Crippen molar-refractivity contribution >= 4 is 27.3 Å². The van der Waals surface area contributed by atoms with Crippen LogP contribution in [-0.2, 0) is 14.6 Å². The highest BCUT2D eigenvalue weighted by Gasteiger charge is 2.52. The van der Waals surface area contributed by atoms with Crippen LogP contribution in [0.25, 0.3) is 11.1 Å². The van der Waals surface area contributed by atoms with E-state index in [2.05, 4.69) is 10.6 Å². The van der Waals surface area contributed by atoms with E-state index < -0.39 is 49.8 Å². The van der Waals surface area contributed by atoms with Gasteiger partial charge in [-0.15, -0.1) is 0 Å². The molecule has 0 heterocycles. The molecule has 2 fully saturated rings. The summed E-state index contributed by atoms with van der Waals surface area (Å²) in [6, 6.07) is 13.1. The van der Waals surface area contributed by atoms with Crippen molar-refractivity contribution < 1.29 is 40.3 Å². The average Bonchev–Trinajstić information content (AvgIpc) is 3.55. The van der Waals surface area contributed by atoms with Crippen LogP contribution in [0.15, 0.2) is 65.6 Å². The molecule has 0 radical (unpaired) electrons. The summed E-state index contributed by atoms with van der Waals surface area (Å²) in [6.45, 7) is 1.90. The van der Waals surface area contributed by atoms with Crippen molar-refractivity contribution in [2.45, 2.75) is 42.6 Å². The minimum atomic E-state index is -5.60. The molecular formula is C30H28F4N2O5S. The number of aryl methyl sites for hydroxylation is 1. The molecule has 42 heavy (non-hydrogen) atoms. The SMILES string of the molecule is COc1cc(F)c(-c2ccc(C)cc2)cc1C(=O)N[C@@H]1[C@H]2CC[C@H](C2)[C@@H]1C(=O)Nc1cccc(S(=O)(=O)C(F)(F)F)c1. The molecule has 3 aromatic carbocycles. The summed E-state index contributed by atoms with van der Waals surface area (Å²) in [5, 5.41) is 5.48. The number of halogens is 4. The molecule has 4 atom stereocenters. The fourth-order valence-corrected chi connectivity index (χ4v) is 6.87. The minimum absolute atomic E-state index is 0.0188. The summed E-state index contributed by atoms with van der Waals surface area (Å²) in [7, 11) is -4.28. The number of carbonyl (C=O) groups excluding carboxylic acids is 2. The van der Waals surface area contributed by atoms with Gasteiger partial charge < -0.3 is 15.4 Å². The molecule has 2 N–H and O–H groups in total. The van der Waals surface area contributed by atoms with Gasteiger partial charge in [0.25, 0.3) is 15.7 Å². The van der Waals surface area contributed by atoms with E-state index >= 15 is 0 Å². The van der Waals surface area contributed by atoms with Gasteiger partial charge in [0.2, 0.25) is 5.91 Å². The van der Waals surface area contributed by atoms with Gasteiger partial charge in [-0.05, 0) is 67.9 Å². The largest absolute Gasteiger partial charge is 0.501 e. The maximum Gasteiger partial charge on any atom is 0.501 e. The van der Waals surface area contributed by atoms with Crippen LogP contribution in [0.3, 0.4) is 0 Å². The third-order valence-corrected chi connectivity index (χ3v) is 9.61. The molecule has 0 spiro atoms. The third-order valence-electron chi connectivity index (χ3n) is 8.13. The zero-order valence-electron chi connectivity index (χ0n) is 22.7. The van der Waals surface area contributed by atoms with Crippen LogP contribution < -0.4 is 15.4 Å². The molecular weight excluding hydrogens is 576 g/mol. The molecule has 0 unspecified atom stereocenters. The second-order valence-electron chi connectivity index (χ2n) is 10.7. The number of benzene rings is 3. The predicted molar refractivity (Wildman–Crippen MR) is 147 cm³/mol. The highest BCUT2D eigenvalue weighted by Crippen LogP contribution is 2.49. The molecule has 2 bridgehead atoms. The summed E-state index contributed by atoms with van der Waals surface area (Å²) in [5.74, 6) is -2.46. The smallest absolute Gasteiger partial charge is 0.496 e. The van der Waals surface area contributed by atoms with Crippen molar-refractivity contribution in [3.8, 4) is 16.9 Å². The zero-order valence-corrected chi connectivity index (χ0v) is 23.5. The van der Waals surface area contributed by atoms with Gasteiger partial charge in [-0.3, -0.25) is 9.59 Å². The maximum atomic E-state index is 15.0.